The van der Waals surface area contributed by atoms with E-state index < -0.39 is 0 Å². The highest BCUT2D eigenvalue weighted by Gasteiger charge is 2.04. The lowest BCUT2D eigenvalue weighted by molar-refractivity contribution is 0.857. The maximum absolute atomic E-state index is 8.57. The minimum atomic E-state index is 0.685. The SMILES string of the molecule is CC1=CC(C)=C(C#N)CN1. The molecule has 1 rings (SSSR count). The van der Waals surface area contributed by atoms with Crippen molar-refractivity contribution in [2.45, 2.75) is 13.8 Å². The van der Waals surface area contributed by atoms with E-state index in [-0.39, 0.29) is 0 Å². The van der Waals surface area contributed by atoms with Crippen LogP contribution in [0.1, 0.15) is 13.8 Å². The molecule has 1 aliphatic rings. The van der Waals surface area contributed by atoms with E-state index in [1.165, 1.54) is 0 Å². The van der Waals surface area contributed by atoms with Gasteiger partial charge in [0.1, 0.15) is 0 Å². The molecule has 0 aromatic heterocycles. The third-order valence-corrected chi connectivity index (χ3v) is 1.59. The molecule has 0 saturated heterocycles. The van der Waals surface area contributed by atoms with Crippen LogP contribution in [-0.4, -0.2) is 6.54 Å². The van der Waals surface area contributed by atoms with E-state index >= 15 is 0 Å². The fourth-order valence-corrected chi connectivity index (χ4v) is 0.958. The van der Waals surface area contributed by atoms with E-state index in [9.17, 15) is 0 Å². The van der Waals surface area contributed by atoms with Crippen molar-refractivity contribution in [2.24, 2.45) is 0 Å². The van der Waals surface area contributed by atoms with Crippen LogP contribution in [0.5, 0.6) is 0 Å². The fourth-order valence-electron chi connectivity index (χ4n) is 0.958. The van der Waals surface area contributed by atoms with E-state index in [4.69, 9.17) is 5.26 Å². The minimum Gasteiger partial charge on any atom is -0.384 e. The Morgan fingerprint density at radius 2 is 2.30 bits per heavy atom. The van der Waals surface area contributed by atoms with Crippen LogP contribution in [0, 0.1) is 11.3 Å². The number of hydrogen-bond acceptors (Lipinski definition) is 2. The number of allylic oxidation sites excluding steroid dienone is 3. The maximum atomic E-state index is 8.57. The van der Waals surface area contributed by atoms with E-state index in [2.05, 4.69) is 11.4 Å². The Bertz CT molecular complexity index is 240. The number of dihydropyridines is 1. The van der Waals surface area contributed by atoms with E-state index in [0.29, 0.717) is 6.54 Å². The minimum absolute atomic E-state index is 0.685. The first-order chi connectivity index (χ1) is 4.74. The highest BCUT2D eigenvalue weighted by atomic mass is 14.9. The highest BCUT2D eigenvalue weighted by molar-refractivity contribution is 5.39. The van der Waals surface area contributed by atoms with Crippen molar-refractivity contribution in [1.29, 1.82) is 5.26 Å². The first-order valence-electron chi connectivity index (χ1n) is 3.26. The maximum Gasteiger partial charge on any atom is 0.0968 e. The van der Waals surface area contributed by atoms with E-state index in [1.54, 1.807) is 0 Å². The van der Waals surface area contributed by atoms with Crippen molar-refractivity contribution in [3.05, 3.63) is 22.9 Å². The Kier molecular flexibility index (Phi) is 1.77. The Morgan fingerprint density at radius 1 is 1.60 bits per heavy atom. The summed E-state index contributed by atoms with van der Waals surface area (Å²) >= 11 is 0. The Morgan fingerprint density at radius 3 is 2.80 bits per heavy atom. The molecule has 0 unspecified atom stereocenters. The van der Waals surface area contributed by atoms with Crippen LogP contribution in [0.15, 0.2) is 22.9 Å². The second-order valence-corrected chi connectivity index (χ2v) is 2.45. The number of nitriles is 1. The summed E-state index contributed by atoms with van der Waals surface area (Å²) in [7, 11) is 0. The summed E-state index contributed by atoms with van der Waals surface area (Å²) in [4.78, 5) is 0. The van der Waals surface area contributed by atoms with Crippen molar-refractivity contribution in [3.63, 3.8) is 0 Å². The summed E-state index contributed by atoms with van der Waals surface area (Å²) < 4.78 is 0. The molecule has 0 fully saturated rings. The van der Waals surface area contributed by atoms with Gasteiger partial charge < -0.3 is 5.32 Å². The van der Waals surface area contributed by atoms with Crippen LogP contribution in [0.25, 0.3) is 0 Å². The van der Waals surface area contributed by atoms with Gasteiger partial charge >= 0.3 is 0 Å². The molecule has 0 atom stereocenters. The zero-order valence-corrected chi connectivity index (χ0v) is 6.23. The van der Waals surface area contributed by atoms with Gasteiger partial charge in [-0.05, 0) is 25.5 Å². The summed E-state index contributed by atoms with van der Waals surface area (Å²) in [5, 5.41) is 11.7. The number of nitrogens with zero attached hydrogens (tertiary/aromatic N) is 1. The Balaban J connectivity index is 2.93. The third-order valence-electron chi connectivity index (χ3n) is 1.59. The van der Waals surface area contributed by atoms with Gasteiger partial charge in [-0.2, -0.15) is 5.26 Å². The Labute approximate surface area is 60.9 Å². The largest absolute Gasteiger partial charge is 0.384 e. The number of hydrogen-bond donors (Lipinski definition) is 1. The van der Waals surface area contributed by atoms with Gasteiger partial charge in [-0.1, -0.05) is 0 Å². The summed E-state index contributed by atoms with van der Waals surface area (Å²) in [6.07, 6.45) is 1.99. The predicted molar refractivity (Wildman–Crippen MR) is 40.1 cm³/mol. The van der Waals surface area contributed by atoms with Gasteiger partial charge in [-0.3, -0.25) is 0 Å². The van der Waals surface area contributed by atoms with E-state index in [0.717, 1.165) is 16.8 Å². The summed E-state index contributed by atoms with van der Waals surface area (Å²) in [5.74, 6) is 0. The lowest BCUT2D eigenvalue weighted by atomic mass is 10.1. The molecule has 0 aromatic rings. The van der Waals surface area contributed by atoms with Gasteiger partial charge in [-0.15, -0.1) is 0 Å². The zero-order chi connectivity index (χ0) is 7.56. The van der Waals surface area contributed by atoms with Crippen LogP contribution in [0.2, 0.25) is 0 Å². The predicted octanol–water partition coefficient (Wildman–Crippen LogP) is 1.33. The third kappa shape index (κ3) is 1.19. The molecule has 0 spiro atoms. The lowest BCUT2D eigenvalue weighted by Crippen LogP contribution is -2.18. The van der Waals surface area contributed by atoms with E-state index in [1.807, 2.05) is 19.9 Å². The zero-order valence-electron chi connectivity index (χ0n) is 6.23. The summed E-state index contributed by atoms with van der Waals surface area (Å²) in [5.41, 5.74) is 3.06. The van der Waals surface area contributed by atoms with Gasteiger partial charge in [-0.25, -0.2) is 0 Å². The van der Waals surface area contributed by atoms with Crippen LogP contribution in [-0.2, 0) is 0 Å². The molecular weight excluding hydrogens is 124 g/mol. The van der Waals surface area contributed by atoms with Crippen molar-refractivity contribution in [2.75, 3.05) is 6.54 Å². The van der Waals surface area contributed by atoms with Gasteiger partial charge in [0.2, 0.25) is 0 Å². The fraction of sp³-hybridized carbons (Fsp3) is 0.375. The molecule has 0 saturated carbocycles. The average molecular weight is 134 g/mol. The first-order valence-corrected chi connectivity index (χ1v) is 3.26. The van der Waals surface area contributed by atoms with Crippen molar-refractivity contribution < 1.29 is 0 Å². The molecule has 10 heavy (non-hydrogen) atoms. The molecule has 1 heterocycles. The molecular formula is C8H10N2. The molecule has 1 N–H and O–H groups in total. The quantitative estimate of drug-likeness (QED) is 0.542. The molecule has 0 bridgehead atoms. The summed E-state index contributed by atoms with van der Waals surface area (Å²) in [6, 6.07) is 2.15. The topological polar surface area (TPSA) is 35.8 Å². The van der Waals surface area contributed by atoms with Crippen LogP contribution < -0.4 is 5.32 Å². The number of rotatable bonds is 0. The monoisotopic (exact) mass is 134 g/mol. The van der Waals surface area contributed by atoms with Crippen LogP contribution in [0.3, 0.4) is 0 Å². The lowest BCUT2D eigenvalue weighted by Gasteiger charge is -2.12. The normalized spacial score (nSPS) is 17.5. The van der Waals surface area contributed by atoms with Crippen LogP contribution >= 0.6 is 0 Å². The van der Waals surface area contributed by atoms with Gasteiger partial charge in [0.25, 0.3) is 0 Å². The molecule has 2 nitrogen and oxygen atoms in total. The summed E-state index contributed by atoms with van der Waals surface area (Å²) in [6.45, 7) is 4.64. The first kappa shape index (κ1) is 6.88. The van der Waals surface area contributed by atoms with Crippen molar-refractivity contribution in [1.82, 2.24) is 5.32 Å². The molecule has 0 amide bonds. The molecule has 0 aliphatic carbocycles. The van der Waals surface area contributed by atoms with Gasteiger partial charge in [0, 0.05) is 5.70 Å². The Hall–Kier alpha value is -1.23. The molecule has 1 aliphatic heterocycles. The smallest absolute Gasteiger partial charge is 0.0968 e. The standard InChI is InChI=1S/C8H10N2/c1-6-3-7(2)10-5-8(6)4-9/h3,10H,5H2,1-2H3. The van der Waals surface area contributed by atoms with Gasteiger partial charge in [0.15, 0.2) is 0 Å². The molecule has 0 aromatic carbocycles. The molecule has 2 heteroatoms. The second-order valence-electron chi connectivity index (χ2n) is 2.45. The number of nitrogens with one attached hydrogen (secondary N) is 1. The van der Waals surface area contributed by atoms with Crippen LogP contribution in [0.4, 0.5) is 0 Å². The van der Waals surface area contributed by atoms with Gasteiger partial charge in [0.05, 0.1) is 18.2 Å². The highest BCUT2D eigenvalue weighted by Crippen LogP contribution is 2.10. The van der Waals surface area contributed by atoms with Crippen molar-refractivity contribution >= 4 is 0 Å². The average Bonchev–Trinajstić information content (AvgIpc) is 1.88. The second kappa shape index (κ2) is 2.57. The van der Waals surface area contributed by atoms with Crippen molar-refractivity contribution in [3.8, 4) is 6.07 Å². The molecule has 0 radical (unpaired) electrons. The molecule has 52 valence electrons.